The van der Waals surface area contributed by atoms with Crippen molar-refractivity contribution in [2.45, 2.75) is 153 Å². The molecule has 32 nitrogen and oxygen atoms in total. The molecule has 0 bridgehead atoms. The molecule has 2 aliphatic rings. The van der Waals surface area contributed by atoms with Gasteiger partial charge in [-0.15, -0.1) is 0 Å². The van der Waals surface area contributed by atoms with E-state index in [0.29, 0.717) is 129 Å². The van der Waals surface area contributed by atoms with E-state index in [1.165, 1.54) is 38.5 Å². The van der Waals surface area contributed by atoms with Crippen LogP contribution < -0.4 is 105 Å². The van der Waals surface area contributed by atoms with Crippen molar-refractivity contribution in [1.82, 2.24) is 63.0 Å². The first-order chi connectivity index (χ1) is 49.0. The maximum Gasteiger partial charge on any atom is 0.255 e. The van der Waals surface area contributed by atoms with E-state index in [2.05, 4.69) is 53.2 Å². The summed E-state index contributed by atoms with van der Waals surface area (Å²) in [5, 5.41) is 59.3. The molecule has 6 amide bonds. The van der Waals surface area contributed by atoms with Gasteiger partial charge in [-0.2, -0.15) is 0 Å². The number of hydrogen-bond donors (Lipinski definition) is 18. The lowest BCUT2D eigenvalue weighted by molar-refractivity contribution is 0.0882. The Hall–Kier alpha value is -9.72. The van der Waals surface area contributed by atoms with Crippen LogP contribution in [0, 0.1) is 21.6 Å². The zero-order valence-electron chi connectivity index (χ0n) is 60.5. The Morgan fingerprint density at radius 2 is 0.559 bits per heavy atom. The maximum absolute atomic E-state index is 14.4. The van der Waals surface area contributed by atoms with Crippen LogP contribution in [0.2, 0.25) is 0 Å². The molecule has 5 rings (SSSR count). The summed E-state index contributed by atoms with van der Waals surface area (Å²) in [6.45, 7) is 5.06. The summed E-state index contributed by atoms with van der Waals surface area (Å²) >= 11 is 0. The fourth-order valence-electron chi connectivity index (χ4n) is 11.6. The smallest absolute Gasteiger partial charge is 0.255 e. The molecule has 0 aromatic heterocycles. The van der Waals surface area contributed by atoms with Crippen LogP contribution in [-0.2, 0) is 0 Å². The Kier molecular flexibility index (Phi) is 36.8. The summed E-state index contributed by atoms with van der Waals surface area (Å²) < 4.78 is 36.4. The summed E-state index contributed by atoms with van der Waals surface area (Å²) in [6, 6.07) is 8.02. The van der Waals surface area contributed by atoms with Crippen molar-refractivity contribution in [2.75, 3.05) is 121 Å². The molecule has 22 N–H and O–H groups in total. The third kappa shape index (κ3) is 30.2. The van der Waals surface area contributed by atoms with Gasteiger partial charge in [-0.1, -0.05) is 0 Å². The number of carbonyl (C=O) groups is 6. The molecule has 32 heteroatoms. The van der Waals surface area contributed by atoms with E-state index < -0.39 is 35.4 Å². The number of rotatable bonds is 46. The number of nitrogens with two attached hydrogens (primary N) is 4. The van der Waals surface area contributed by atoms with E-state index in [1.807, 2.05) is 38.0 Å². The highest BCUT2D eigenvalue weighted by Crippen LogP contribution is 2.35. The van der Waals surface area contributed by atoms with Crippen LogP contribution in [0.15, 0.2) is 36.4 Å². The van der Waals surface area contributed by atoms with E-state index in [4.69, 9.17) is 73.0 Å². The van der Waals surface area contributed by atoms with Crippen LogP contribution in [0.1, 0.15) is 191 Å². The Morgan fingerprint density at radius 1 is 0.333 bits per heavy atom. The lowest BCUT2D eigenvalue weighted by Crippen LogP contribution is -2.44. The Bertz CT molecular complexity index is 3020. The number of guanidine groups is 4. The van der Waals surface area contributed by atoms with Gasteiger partial charge in [0.1, 0.15) is 34.5 Å². The molecule has 102 heavy (non-hydrogen) atoms. The number of methoxy groups -OCH3 is 2. The fraction of sp³-hybridized carbons (Fsp3) is 0.600. The molecule has 0 heterocycles. The van der Waals surface area contributed by atoms with Gasteiger partial charge in [0.25, 0.3) is 35.4 Å². The third-order valence-corrected chi connectivity index (χ3v) is 17.2. The molecule has 0 unspecified atom stereocenters. The third-order valence-electron chi connectivity index (χ3n) is 17.2. The first-order valence-electron chi connectivity index (χ1n) is 35.5. The number of unbranched alkanes of at least 4 members (excludes halogenated alkanes) is 8. The number of hydrogen-bond acceptors (Lipinski definition) is 18. The van der Waals surface area contributed by atoms with Crippen LogP contribution in [0.25, 0.3) is 0 Å². The average Bonchev–Trinajstić information content (AvgIpc) is 0.814. The minimum Gasteiger partial charge on any atom is -0.496 e. The number of nitrogens with zero attached hydrogens (tertiary/aromatic N) is 2. The van der Waals surface area contributed by atoms with Crippen molar-refractivity contribution in [1.29, 1.82) is 21.6 Å². The van der Waals surface area contributed by atoms with Gasteiger partial charge in [-0.3, -0.25) is 50.4 Å². The number of benzene rings is 3. The lowest BCUT2D eigenvalue weighted by Gasteiger charge is -2.30. The molecule has 0 aliphatic heterocycles. The van der Waals surface area contributed by atoms with Crippen molar-refractivity contribution < 1.29 is 57.2 Å². The highest BCUT2D eigenvalue weighted by Gasteiger charge is 2.32. The van der Waals surface area contributed by atoms with Gasteiger partial charge in [-0.25, -0.2) is 0 Å². The second kappa shape index (κ2) is 45.2. The molecule has 2 aliphatic carbocycles. The molecule has 3 aromatic rings. The number of nitrogens with one attached hydrogen (secondary N) is 14. The number of ether oxygens (including phenoxy) is 6. The van der Waals surface area contributed by atoms with Crippen LogP contribution in [0.4, 0.5) is 0 Å². The minimum absolute atomic E-state index is 0.0988. The zero-order chi connectivity index (χ0) is 74.3. The summed E-state index contributed by atoms with van der Waals surface area (Å²) in [6.07, 6.45) is 12.6. The molecule has 2 saturated carbocycles. The molecular weight excluding hydrogens is 1310 g/mol. The van der Waals surface area contributed by atoms with Crippen LogP contribution in [0.3, 0.4) is 0 Å². The Balaban J connectivity index is 1.25. The normalized spacial score (nSPS) is 15.5. The van der Waals surface area contributed by atoms with E-state index in [0.717, 1.165) is 51.4 Å². The number of amides is 6. The highest BCUT2D eigenvalue weighted by molar-refractivity contribution is 6.05. The number of carbonyl (C=O) groups excluding carboxylic acids is 6. The first kappa shape index (κ1) is 82.9. The lowest BCUT2D eigenvalue weighted by atomic mass is 9.90. The second-order valence-corrected chi connectivity index (χ2v) is 26.0. The first-order valence-corrected chi connectivity index (χ1v) is 35.5. The molecule has 0 radical (unpaired) electrons. The molecule has 3 aromatic carbocycles. The van der Waals surface area contributed by atoms with Crippen LogP contribution in [-0.4, -0.2) is 214 Å². The van der Waals surface area contributed by atoms with Crippen molar-refractivity contribution in [3.8, 4) is 34.5 Å². The summed E-state index contributed by atoms with van der Waals surface area (Å²) in [7, 11) is 10.4. The predicted octanol–water partition coefficient (Wildman–Crippen LogP) is 3.36. The van der Waals surface area contributed by atoms with Crippen LogP contribution >= 0.6 is 0 Å². The number of likely N-dealkylation sites (N-methyl/N-ethyl adjacent to an activating group) is 2. The van der Waals surface area contributed by atoms with Gasteiger partial charge in [0.05, 0.1) is 74.0 Å². The van der Waals surface area contributed by atoms with E-state index in [1.54, 1.807) is 12.1 Å². The standard InChI is InChI=1S/C70H114N20O12/c1-89(2)33-31-79-61(91)51-40-53(59(101-37-17-9-13-29-83-69(75)76)43-57(51)99-35-15-7-11-27-81-67(71)72)65(95)87-47-23-19-45(20-24-47)85-63(93)49-39-50(56(98-6)42-55(49)97-5)64(94)86-46-21-25-48(26-22-46)88-66(96)54-41-52(62(92)80-32-34-90(3)4)58(100-36-16-8-12-28-82-68(73)74)44-60(54)102-38-18-10-14-30-84-70(77)78/h39-48H,7-38H2,1-6H3,(H,79,91)(H,80,92)(H,85,93)(H,86,94)(H,87,95)(H,88,96)(H4,71,72,81)(H4,73,74,82)(H4,75,76,83)(H4,77,78,84)/t45-,46-,47+,48+. The van der Waals surface area contributed by atoms with Crippen molar-refractivity contribution >= 4 is 59.3 Å². The van der Waals surface area contributed by atoms with Crippen molar-refractivity contribution in [3.05, 3.63) is 69.8 Å². The van der Waals surface area contributed by atoms with E-state index in [9.17, 15) is 28.8 Å². The van der Waals surface area contributed by atoms with Crippen LogP contribution in [0.5, 0.6) is 34.5 Å². The van der Waals surface area contributed by atoms with E-state index in [-0.39, 0.29) is 142 Å². The molecule has 0 spiro atoms. The predicted molar refractivity (Wildman–Crippen MR) is 393 cm³/mol. The minimum atomic E-state index is -0.467. The van der Waals surface area contributed by atoms with Gasteiger partial charge < -0.3 is 114 Å². The van der Waals surface area contributed by atoms with Crippen molar-refractivity contribution in [3.63, 3.8) is 0 Å². The quantitative estimate of drug-likeness (QED) is 0.0219. The van der Waals surface area contributed by atoms with Gasteiger partial charge in [0.2, 0.25) is 0 Å². The molecule has 0 atom stereocenters. The van der Waals surface area contributed by atoms with Gasteiger partial charge in [-0.05, 0) is 175 Å². The topological polar surface area (TPSA) is 484 Å². The largest absolute Gasteiger partial charge is 0.496 e. The second-order valence-electron chi connectivity index (χ2n) is 26.0. The SMILES string of the molecule is COc1cc(OC)c(C(=O)N[C@H]2CC[C@@H](NC(=O)c3cc(C(=O)NCCN(C)C)c(OCCCCCNC(=N)N)cc3OCCCCCNC(=N)N)CC2)cc1C(=O)N[C@H]1CC[C@@H](NC(=O)c2cc(C(=O)NCCN(C)C)c(OCCCCCNC(=N)N)cc2OCCCCCNC(=N)N)CC1. The molecule has 2 fully saturated rings. The summed E-state index contributed by atoms with van der Waals surface area (Å²) in [5.41, 5.74) is 22.7. The fourth-order valence-corrected chi connectivity index (χ4v) is 11.6. The summed E-state index contributed by atoms with van der Waals surface area (Å²) in [4.78, 5) is 89.0. The van der Waals surface area contributed by atoms with Gasteiger partial charge >= 0.3 is 0 Å². The van der Waals surface area contributed by atoms with Gasteiger partial charge in [0.15, 0.2) is 23.8 Å². The average molecular weight is 1430 g/mol. The zero-order valence-corrected chi connectivity index (χ0v) is 60.5. The Morgan fingerprint density at radius 3 is 0.784 bits per heavy atom. The van der Waals surface area contributed by atoms with E-state index >= 15 is 0 Å². The monoisotopic (exact) mass is 1430 g/mol. The Labute approximate surface area is 599 Å². The summed E-state index contributed by atoms with van der Waals surface area (Å²) in [5.74, 6) is -1.64. The maximum atomic E-state index is 14.4. The molecular formula is C70H114N20O12. The molecule has 0 saturated heterocycles. The van der Waals surface area contributed by atoms with Crippen molar-refractivity contribution in [2.24, 2.45) is 22.9 Å². The molecule has 566 valence electrons. The van der Waals surface area contributed by atoms with Gasteiger partial charge in [0, 0.05) is 94.7 Å². The highest BCUT2D eigenvalue weighted by atomic mass is 16.5.